The van der Waals surface area contributed by atoms with Gasteiger partial charge in [-0.05, 0) is 0 Å². The van der Waals surface area contributed by atoms with Crippen molar-refractivity contribution < 1.29 is 0 Å². The Morgan fingerprint density at radius 1 is 1.67 bits per heavy atom. The molecule has 0 nitrogen and oxygen atoms in total. The summed E-state index contributed by atoms with van der Waals surface area (Å²) in [4.78, 5) is 0. The Bertz CT molecular complexity index is 52.6. The van der Waals surface area contributed by atoms with E-state index in [2.05, 4.69) is 44.9 Å². The second-order valence-corrected chi connectivity index (χ2v) is 3.34. The van der Waals surface area contributed by atoms with Gasteiger partial charge in [-0.15, -0.1) is 0 Å². The lowest BCUT2D eigenvalue weighted by atomic mass is 10.5. The Morgan fingerprint density at radius 3 is 2.17 bits per heavy atom. The zero-order chi connectivity index (χ0) is 4.99. The van der Waals surface area contributed by atoms with Gasteiger partial charge < -0.3 is 0 Å². The molecule has 0 bridgehead atoms. The maximum absolute atomic E-state index is 3.53. The summed E-state index contributed by atoms with van der Waals surface area (Å²) in [5.74, 6) is 0. The first-order valence-corrected chi connectivity index (χ1v) is 3.07. The third kappa shape index (κ3) is 4.61. The summed E-state index contributed by atoms with van der Waals surface area (Å²) in [6, 6.07) is 0. The van der Waals surface area contributed by atoms with Crippen molar-refractivity contribution in [2.24, 2.45) is 0 Å². The van der Waals surface area contributed by atoms with Gasteiger partial charge in [0.05, 0.1) is 0 Å². The van der Waals surface area contributed by atoms with E-state index >= 15 is 0 Å². The molecule has 0 aromatic rings. The fourth-order valence-electron chi connectivity index (χ4n) is 0.0945. The number of hydrogen-bond donors (Lipinski definition) is 0. The van der Waals surface area contributed by atoms with E-state index in [4.69, 9.17) is 0 Å². The highest BCUT2D eigenvalue weighted by Gasteiger charge is 1.89. The Balaban J connectivity index is 3.14. The van der Waals surface area contributed by atoms with Gasteiger partial charge in [-0.3, -0.25) is 6.92 Å². The zero-order valence-corrected chi connectivity index (χ0v) is 6.34. The summed E-state index contributed by atoms with van der Waals surface area (Å²) in [6.07, 6.45) is 3.55. The first kappa shape index (κ1) is 6.61. The lowest BCUT2D eigenvalue weighted by Gasteiger charge is -1.61. The van der Waals surface area contributed by atoms with E-state index in [9.17, 15) is 0 Å². The molecule has 6 heavy (non-hydrogen) atoms. The molecule has 0 unspecified atom stereocenters. The van der Waals surface area contributed by atoms with Gasteiger partial charge in [0.25, 0.3) is 3.39 Å². The maximum atomic E-state index is 3.53. The van der Waals surface area contributed by atoms with Gasteiger partial charge in [0, 0.05) is 38.3 Å². The van der Waals surface area contributed by atoms with Gasteiger partial charge in [-0.25, -0.2) is 0 Å². The van der Waals surface area contributed by atoms with Crippen LogP contribution in [-0.2, 0) is 0 Å². The van der Waals surface area contributed by atoms with E-state index in [1.807, 2.05) is 0 Å². The predicted octanol–water partition coefficient (Wildman–Crippen LogP) is 2.64. The summed E-state index contributed by atoms with van der Waals surface area (Å²) in [6.45, 7) is 3.53. The molecule has 34 valence electrons. The average molecular weight is 212 g/mol. The quantitative estimate of drug-likeness (QED) is 0.586. The third-order valence-corrected chi connectivity index (χ3v) is 0.819. The van der Waals surface area contributed by atoms with Gasteiger partial charge in [-0.1, -0.05) is 0 Å². The van der Waals surface area contributed by atoms with Crippen molar-refractivity contribution >= 4 is 31.9 Å². The van der Waals surface area contributed by atoms with Crippen LogP contribution in [0.2, 0.25) is 0 Å². The predicted molar refractivity (Wildman–Crippen MR) is 34.6 cm³/mol. The molecule has 0 aromatic heterocycles. The average Bonchev–Trinajstić information content (AvgIpc) is 1.35. The van der Waals surface area contributed by atoms with Crippen molar-refractivity contribution in [1.29, 1.82) is 0 Å². The Labute approximate surface area is 54.9 Å². The van der Waals surface area contributed by atoms with Crippen molar-refractivity contribution in [2.75, 3.05) is 0 Å². The molecular formula is C4H4Br2. The fourth-order valence-corrected chi connectivity index (χ4v) is 0.491. The van der Waals surface area contributed by atoms with Crippen LogP contribution in [0.15, 0.2) is 3.39 Å². The van der Waals surface area contributed by atoms with E-state index in [1.165, 1.54) is 0 Å². The highest BCUT2D eigenvalue weighted by Crippen LogP contribution is 2.11. The van der Waals surface area contributed by atoms with Crippen LogP contribution in [0.4, 0.5) is 0 Å². The molecule has 0 N–H and O–H groups in total. The minimum Gasteiger partial charge on any atom is -0.289 e. The molecule has 0 saturated carbocycles. The minimum atomic E-state index is 0.700. The van der Waals surface area contributed by atoms with Crippen LogP contribution in [0.5, 0.6) is 0 Å². The molecule has 0 heterocycles. The van der Waals surface area contributed by atoms with Gasteiger partial charge in [0.2, 0.25) is 6.08 Å². The second-order valence-electron chi connectivity index (χ2n) is 0.687. The van der Waals surface area contributed by atoms with E-state index in [0.29, 0.717) is 6.42 Å². The van der Waals surface area contributed by atoms with Crippen molar-refractivity contribution in [2.45, 2.75) is 6.42 Å². The summed E-state index contributed by atoms with van der Waals surface area (Å²) in [5.41, 5.74) is 0. The topological polar surface area (TPSA) is 0 Å². The molecule has 0 radical (unpaired) electrons. The third-order valence-electron chi connectivity index (χ3n) is 0.259. The van der Waals surface area contributed by atoms with Crippen LogP contribution >= 0.6 is 31.9 Å². The first-order valence-electron chi connectivity index (χ1n) is 1.48. The van der Waals surface area contributed by atoms with Crippen LogP contribution in [0, 0.1) is 13.0 Å². The highest BCUT2D eigenvalue weighted by atomic mass is 79.9. The van der Waals surface area contributed by atoms with E-state index in [1.54, 1.807) is 0 Å². The van der Waals surface area contributed by atoms with Crippen LogP contribution in [-0.4, -0.2) is 0 Å². The number of rotatable bonds is 1. The Hall–Kier alpha value is 0.610. The normalized spacial score (nSPS) is 7.17. The lowest BCUT2D eigenvalue weighted by molar-refractivity contribution is 1.36. The SMILES string of the molecule is [CH2-]C[C+]=C(Br)Br. The molecule has 0 saturated heterocycles. The lowest BCUT2D eigenvalue weighted by Crippen LogP contribution is -1.51. The Morgan fingerprint density at radius 2 is 2.17 bits per heavy atom. The van der Waals surface area contributed by atoms with E-state index in [-0.39, 0.29) is 0 Å². The summed E-state index contributed by atoms with van der Waals surface area (Å²) < 4.78 is 0.852. The molecule has 0 spiro atoms. The van der Waals surface area contributed by atoms with Gasteiger partial charge >= 0.3 is 0 Å². The molecule has 0 aliphatic heterocycles. The smallest absolute Gasteiger partial charge is 0.289 e. The van der Waals surface area contributed by atoms with Crippen molar-refractivity contribution in [3.05, 3.63) is 16.4 Å². The molecule has 0 aromatic carbocycles. The minimum absolute atomic E-state index is 0.700. The molecule has 0 aliphatic carbocycles. The van der Waals surface area contributed by atoms with Crippen LogP contribution in [0.25, 0.3) is 0 Å². The van der Waals surface area contributed by atoms with Gasteiger partial charge in [0.15, 0.2) is 0 Å². The molecule has 0 rings (SSSR count). The second kappa shape index (κ2) is 3.79. The number of halogens is 2. The summed E-state index contributed by atoms with van der Waals surface area (Å²) in [7, 11) is 0. The summed E-state index contributed by atoms with van der Waals surface area (Å²) in [5, 5.41) is 0. The van der Waals surface area contributed by atoms with E-state index in [0.717, 1.165) is 3.39 Å². The molecule has 0 fully saturated rings. The largest absolute Gasteiger partial charge is 0.291 e. The Kier molecular flexibility index (Phi) is 4.17. The van der Waals surface area contributed by atoms with E-state index < -0.39 is 0 Å². The molecule has 2 heteroatoms. The van der Waals surface area contributed by atoms with Crippen LogP contribution in [0.1, 0.15) is 6.42 Å². The summed E-state index contributed by atoms with van der Waals surface area (Å²) >= 11 is 6.23. The molecule has 0 amide bonds. The van der Waals surface area contributed by atoms with Gasteiger partial charge in [0.1, 0.15) is 0 Å². The number of hydrogen-bond acceptors (Lipinski definition) is 0. The first-order chi connectivity index (χ1) is 2.77. The highest BCUT2D eigenvalue weighted by molar-refractivity contribution is 9.28. The van der Waals surface area contributed by atoms with Crippen molar-refractivity contribution in [3.63, 3.8) is 0 Å². The zero-order valence-electron chi connectivity index (χ0n) is 3.17. The monoisotopic (exact) mass is 210 g/mol. The van der Waals surface area contributed by atoms with Crippen molar-refractivity contribution in [1.82, 2.24) is 0 Å². The standard InChI is InChI=1S/C4H4Br2/c1-2-3-4(5)6/h1-2H2. The number of allylic oxidation sites excluding steroid dienone is 1. The molecule has 0 aliphatic rings. The van der Waals surface area contributed by atoms with Crippen molar-refractivity contribution in [3.8, 4) is 0 Å². The fraction of sp³-hybridized carbons (Fsp3) is 0.250. The van der Waals surface area contributed by atoms with Gasteiger partial charge in [-0.2, -0.15) is 0 Å². The molecular weight excluding hydrogens is 208 g/mol. The molecule has 0 atom stereocenters. The van der Waals surface area contributed by atoms with Crippen LogP contribution in [0.3, 0.4) is 0 Å². The van der Waals surface area contributed by atoms with Crippen LogP contribution < -0.4 is 0 Å². The maximum Gasteiger partial charge on any atom is 0.291 e.